The zero-order valence-corrected chi connectivity index (χ0v) is 17.6. The average molecular weight is 469 g/mol. The predicted molar refractivity (Wildman–Crippen MR) is 110 cm³/mol. The van der Waals surface area contributed by atoms with Crippen molar-refractivity contribution >= 4 is 23.2 Å². The van der Waals surface area contributed by atoms with Crippen molar-refractivity contribution in [3.05, 3.63) is 70.1 Å². The second kappa shape index (κ2) is 9.49. The average Bonchev–Trinajstić information content (AvgIpc) is 3.38. The van der Waals surface area contributed by atoms with Crippen LogP contribution < -0.4 is 16.4 Å². The summed E-state index contributed by atoms with van der Waals surface area (Å²) in [4.78, 5) is 24.9. The van der Waals surface area contributed by atoms with Gasteiger partial charge in [0.05, 0.1) is 12.6 Å². The van der Waals surface area contributed by atoms with Gasteiger partial charge in [-0.2, -0.15) is 18.3 Å². The Hall–Kier alpha value is -3.25. The Bertz CT molecular complexity index is 1120. The maximum Gasteiger partial charge on any atom is 0.435 e. The number of alkyl halides is 3. The summed E-state index contributed by atoms with van der Waals surface area (Å²) in [6.45, 7) is 1.42. The minimum absolute atomic E-state index is 0.118. The number of rotatable bonds is 7. The minimum Gasteiger partial charge on any atom is -0.350 e. The molecular weight excluding hydrogens is 450 g/mol. The number of nitrogens with one attached hydrogen (secondary N) is 2. The van der Waals surface area contributed by atoms with Crippen molar-refractivity contribution in [1.82, 2.24) is 20.4 Å². The summed E-state index contributed by atoms with van der Waals surface area (Å²) < 4.78 is 54.4. The van der Waals surface area contributed by atoms with Crippen LogP contribution in [0.25, 0.3) is 5.00 Å². The van der Waals surface area contributed by atoms with E-state index in [1.54, 1.807) is 12.1 Å². The van der Waals surface area contributed by atoms with Crippen LogP contribution >= 0.6 is 11.3 Å². The fourth-order valence-corrected chi connectivity index (χ4v) is 3.58. The van der Waals surface area contributed by atoms with Crippen molar-refractivity contribution in [1.29, 1.82) is 0 Å². The van der Waals surface area contributed by atoms with Gasteiger partial charge in [-0.05, 0) is 25.1 Å². The van der Waals surface area contributed by atoms with Crippen LogP contribution in [0.15, 0.2) is 42.5 Å². The Morgan fingerprint density at radius 2 is 1.88 bits per heavy atom. The van der Waals surface area contributed by atoms with Gasteiger partial charge in [-0.25, -0.2) is 9.07 Å². The van der Waals surface area contributed by atoms with E-state index in [1.165, 1.54) is 31.2 Å². The van der Waals surface area contributed by atoms with Crippen LogP contribution in [0.4, 0.5) is 17.6 Å². The molecule has 1 atom stereocenters. The Kier molecular flexibility index (Phi) is 6.94. The molecule has 0 aliphatic rings. The lowest BCUT2D eigenvalue weighted by atomic mass is 10.2. The van der Waals surface area contributed by atoms with Crippen molar-refractivity contribution in [3.8, 4) is 5.00 Å². The molecule has 7 nitrogen and oxygen atoms in total. The molecule has 0 radical (unpaired) electrons. The normalized spacial score (nSPS) is 12.4. The zero-order chi connectivity index (χ0) is 23.5. The summed E-state index contributed by atoms with van der Waals surface area (Å²) in [5.41, 5.74) is 4.06. The van der Waals surface area contributed by atoms with Crippen LogP contribution in [0.3, 0.4) is 0 Å². The highest BCUT2D eigenvalue weighted by Crippen LogP contribution is 2.31. The van der Waals surface area contributed by atoms with Gasteiger partial charge in [0.1, 0.15) is 16.5 Å². The van der Waals surface area contributed by atoms with E-state index < -0.39 is 29.6 Å². The summed E-state index contributed by atoms with van der Waals surface area (Å²) in [6, 6.07) is 8.73. The number of thiophene rings is 1. The van der Waals surface area contributed by atoms with Crippen molar-refractivity contribution in [2.24, 2.45) is 5.73 Å². The predicted octanol–water partition coefficient (Wildman–Crippen LogP) is 2.99. The third-order valence-corrected chi connectivity index (χ3v) is 5.40. The monoisotopic (exact) mass is 469 g/mol. The molecule has 3 aromatic rings. The third-order valence-electron chi connectivity index (χ3n) is 4.34. The first kappa shape index (κ1) is 23.4. The molecule has 0 fully saturated rings. The third kappa shape index (κ3) is 5.51. The lowest BCUT2D eigenvalue weighted by molar-refractivity contribution is -0.141. The SMILES string of the molecule is CC(N)C(=O)NCc1ccc(-n2nc(C(F)(F)F)cc2C(=O)NCc2ccccc2F)s1. The number of carbonyl (C=O) groups excluding carboxylic acids is 2. The number of nitrogens with two attached hydrogens (primary N) is 1. The Morgan fingerprint density at radius 1 is 1.16 bits per heavy atom. The largest absolute Gasteiger partial charge is 0.435 e. The van der Waals surface area contributed by atoms with Crippen molar-refractivity contribution in [2.45, 2.75) is 32.2 Å². The van der Waals surface area contributed by atoms with E-state index in [9.17, 15) is 27.2 Å². The zero-order valence-electron chi connectivity index (χ0n) is 16.7. The van der Waals surface area contributed by atoms with E-state index in [0.29, 0.717) is 10.9 Å². The molecule has 0 spiro atoms. The van der Waals surface area contributed by atoms with E-state index >= 15 is 0 Å². The van der Waals surface area contributed by atoms with Crippen LogP contribution in [0.1, 0.15) is 33.5 Å². The molecule has 0 saturated heterocycles. The molecule has 3 rings (SSSR count). The summed E-state index contributed by atoms with van der Waals surface area (Å²) in [5.74, 6) is -1.78. The summed E-state index contributed by atoms with van der Waals surface area (Å²) >= 11 is 1.05. The molecule has 32 heavy (non-hydrogen) atoms. The van der Waals surface area contributed by atoms with Gasteiger partial charge in [0, 0.05) is 23.1 Å². The first-order chi connectivity index (χ1) is 15.1. The smallest absolute Gasteiger partial charge is 0.350 e. The number of aromatic nitrogens is 2. The van der Waals surface area contributed by atoms with Crippen LogP contribution in [0.2, 0.25) is 0 Å². The summed E-state index contributed by atoms with van der Waals surface area (Å²) in [6.07, 6.45) is -4.77. The number of amides is 2. The van der Waals surface area contributed by atoms with E-state index in [0.717, 1.165) is 16.0 Å². The summed E-state index contributed by atoms with van der Waals surface area (Å²) in [7, 11) is 0. The molecular formula is C20H19F4N5O2S. The van der Waals surface area contributed by atoms with Gasteiger partial charge in [-0.3, -0.25) is 9.59 Å². The highest BCUT2D eigenvalue weighted by Gasteiger charge is 2.36. The molecule has 2 amide bonds. The molecule has 1 unspecified atom stereocenters. The van der Waals surface area contributed by atoms with Crippen LogP contribution in [0.5, 0.6) is 0 Å². The molecule has 2 heterocycles. The number of hydrogen-bond donors (Lipinski definition) is 3. The van der Waals surface area contributed by atoms with Gasteiger partial charge < -0.3 is 16.4 Å². The minimum atomic E-state index is -4.77. The first-order valence-corrected chi connectivity index (χ1v) is 10.2. The van der Waals surface area contributed by atoms with E-state index in [2.05, 4.69) is 15.7 Å². The number of nitrogens with zero attached hydrogens (tertiary/aromatic N) is 2. The number of halogens is 4. The lowest BCUT2D eigenvalue weighted by Crippen LogP contribution is -2.37. The molecule has 0 aliphatic heterocycles. The summed E-state index contributed by atoms with van der Waals surface area (Å²) in [5, 5.41) is 8.79. The topological polar surface area (TPSA) is 102 Å². The van der Waals surface area contributed by atoms with E-state index in [1.807, 2.05) is 0 Å². The number of hydrogen-bond acceptors (Lipinski definition) is 5. The molecule has 0 aliphatic carbocycles. The second-order valence-electron chi connectivity index (χ2n) is 6.84. The molecule has 170 valence electrons. The quantitative estimate of drug-likeness (QED) is 0.463. The van der Waals surface area contributed by atoms with Gasteiger partial charge in [0.15, 0.2) is 5.69 Å². The molecule has 2 aromatic heterocycles. The van der Waals surface area contributed by atoms with Crippen LogP contribution in [0, 0.1) is 5.82 Å². The highest BCUT2D eigenvalue weighted by molar-refractivity contribution is 7.14. The lowest BCUT2D eigenvalue weighted by Gasteiger charge is -2.08. The van der Waals surface area contributed by atoms with Gasteiger partial charge in [0.2, 0.25) is 5.91 Å². The second-order valence-corrected chi connectivity index (χ2v) is 7.99. The maximum absolute atomic E-state index is 13.8. The first-order valence-electron chi connectivity index (χ1n) is 9.37. The van der Waals surface area contributed by atoms with Gasteiger partial charge >= 0.3 is 6.18 Å². The molecule has 12 heteroatoms. The van der Waals surface area contributed by atoms with Crippen LogP contribution in [-0.2, 0) is 24.1 Å². The number of carbonyl (C=O) groups is 2. The van der Waals surface area contributed by atoms with Gasteiger partial charge in [0.25, 0.3) is 5.91 Å². The van der Waals surface area contributed by atoms with Gasteiger partial charge in [-0.1, -0.05) is 18.2 Å². The maximum atomic E-state index is 13.8. The Labute approximate surface area is 184 Å². The highest BCUT2D eigenvalue weighted by atomic mass is 32.1. The van der Waals surface area contributed by atoms with E-state index in [-0.39, 0.29) is 35.3 Å². The van der Waals surface area contributed by atoms with Gasteiger partial charge in [-0.15, -0.1) is 11.3 Å². The number of benzene rings is 1. The fourth-order valence-electron chi connectivity index (χ4n) is 2.67. The van der Waals surface area contributed by atoms with Crippen molar-refractivity contribution in [3.63, 3.8) is 0 Å². The Morgan fingerprint density at radius 3 is 2.53 bits per heavy atom. The van der Waals surface area contributed by atoms with Crippen molar-refractivity contribution < 1.29 is 27.2 Å². The van der Waals surface area contributed by atoms with E-state index in [4.69, 9.17) is 5.73 Å². The molecule has 0 saturated carbocycles. The molecule has 1 aromatic carbocycles. The standard InChI is InChI=1S/C20H19F4N5O2S/c1-11(25)18(30)27-10-13-6-7-17(32-13)29-15(8-16(28-29)20(22,23)24)19(31)26-9-12-4-2-3-5-14(12)21/h2-8,11H,9-10,25H2,1H3,(H,26,31)(H,27,30). The molecule has 4 N–H and O–H groups in total. The molecule has 0 bridgehead atoms. The van der Waals surface area contributed by atoms with Crippen LogP contribution in [-0.4, -0.2) is 27.6 Å². The fraction of sp³-hybridized carbons (Fsp3) is 0.250. The van der Waals surface area contributed by atoms with Crippen molar-refractivity contribution in [2.75, 3.05) is 0 Å². The Balaban J connectivity index is 1.84.